The molecule has 2 aromatic carbocycles. The first kappa shape index (κ1) is 25.3. The Bertz CT molecular complexity index is 828. The third-order valence-electron chi connectivity index (χ3n) is 4.19. The van der Waals surface area contributed by atoms with Crippen LogP contribution in [0.4, 0.5) is 0 Å². The predicted octanol–water partition coefficient (Wildman–Crippen LogP) is 2.43. The molecule has 30 heavy (non-hydrogen) atoms. The topological polar surface area (TPSA) is 93.2 Å². The van der Waals surface area contributed by atoms with Gasteiger partial charge in [-0.2, -0.15) is 0 Å². The number of hydrogen-bond donors (Lipinski definition) is 3. The van der Waals surface area contributed by atoms with Crippen molar-refractivity contribution < 1.29 is 19.0 Å². The number of amides is 1. The number of carbonyl (C=O) groups excluding carboxylic acids is 1. The molecule has 2 rings (SSSR count). The van der Waals surface area contributed by atoms with Crippen LogP contribution >= 0.6 is 24.0 Å². The van der Waals surface area contributed by atoms with E-state index in [1.807, 2.05) is 18.2 Å². The maximum Gasteiger partial charge on any atom is 0.251 e. The zero-order valence-electron chi connectivity index (χ0n) is 17.7. The van der Waals surface area contributed by atoms with E-state index < -0.39 is 0 Å². The molecule has 0 aromatic heterocycles. The normalized spacial score (nSPS) is 10.5. The van der Waals surface area contributed by atoms with Crippen molar-refractivity contribution in [3.05, 3.63) is 53.6 Å². The third-order valence-corrected chi connectivity index (χ3v) is 4.19. The monoisotopic (exact) mass is 528 g/mol. The first-order chi connectivity index (χ1) is 14.1. The van der Waals surface area contributed by atoms with Gasteiger partial charge in [0, 0.05) is 32.2 Å². The lowest BCUT2D eigenvalue weighted by Crippen LogP contribution is -2.41. The van der Waals surface area contributed by atoms with Crippen LogP contribution in [0.1, 0.15) is 15.9 Å². The number of halogens is 1. The second-order valence-electron chi connectivity index (χ2n) is 6.03. The van der Waals surface area contributed by atoms with Crippen molar-refractivity contribution in [1.29, 1.82) is 0 Å². The smallest absolute Gasteiger partial charge is 0.251 e. The van der Waals surface area contributed by atoms with E-state index in [0.29, 0.717) is 48.4 Å². The highest BCUT2D eigenvalue weighted by molar-refractivity contribution is 14.0. The van der Waals surface area contributed by atoms with Gasteiger partial charge in [-0.1, -0.05) is 6.07 Å². The van der Waals surface area contributed by atoms with Gasteiger partial charge in [0.1, 0.15) is 5.75 Å². The summed E-state index contributed by atoms with van der Waals surface area (Å²) >= 11 is 0. The molecule has 8 nitrogen and oxygen atoms in total. The first-order valence-electron chi connectivity index (χ1n) is 9.19. The number of methoxy groups -OCH3 is 3. The summed E-state index contributed by atoms with van der Waals surface area (Å²) in [5, 5.41) is 9.25. The van der Waals surface area contributed by atoms with E-state index in [-0.39, 0.29) is 29.9 Å². The van der Waals surface area contributed by atoms with Crippen LogP contribution in [-0.4, -0.2) is 53.3 Å². The van der Waals surface area contributed by atoms with Gasteiger partial charge in [0.25, 0.3) is 5.91 Å². The fraction of sp³-hybridized carbons (Fsp3) is 0.333. The summed E-state index contributed by atoms with van der Waals surface area (Å²) in [5.41, 5.74) is 1.61. The Morgan fingerprint density at radius 3 is 2.13 bits per heavy atom. The number of nitrogens with one attached hydrogen (secondary N) is 3. The minimum Gasteiger partial charge on any atom is -0.497 e. The molecule has 0 saturated carbocycles. The molecule has 0 bridgehead atoms. The molecule has 3 N–H and O–H groups in total. The first-order valence-corrected chi connectivity index (χ1v) is 9.19. The molecule has 0 heterocycles. The zero-order chi connectivity index (χ0) is 21.1. The van der Waals surface area contributed by atoms with Crippen LogP contribution < -0.4 is 30.2 Å². The molecule has 0 aliphatic carbocycles. The lowest BCUT2D eigenvalue weighted by molar-refractivity contribution is 0.0954. The standard InChI is InChI=1S/C21H28N4O4.HI/c1-22-21(25-14-15-5-10-18(28-3)19(13-15)29-4)24-12-11-23-20(26)16-6-8-17(27-2)9-7-16;/h5-10,13H,11-12,14H2,1-4H3,(H,23,26)(H2,22,24,25);1H. The summed E-state index contributed by atoms with van der Waals surface area (Å²) in [4.78, 5) is 16.3. The van der Waals surface area contributed by atoms with Gasteiger partial charge in [-0.15, -0.1) is 24.0 Å². The van der Waals surface area contributed by atoms with Gasteiger partial charge in [0.05, 0.1) is 21.3 Å². The minimum absolute atomic E-state index is 0. The van der Waals surface area contributed by atoms with Crippen LogP contribution in [-0.2, 0) is 6.54 Å². The Balaban J connectivity index is 0.00000450. The Morgan fingerprint density at radius 2 is 1.53 bits per heavy atom. The molecule has 0 aliphatic heterocycles. The van der Waals surface area contributed by atoms with Crippen LogP contribution in [0.15, 0.2) is 47.5 Å². The van der Waals surface area contributed by atoms with E-state index in [1.54, 1.807) is 52.6 Å². The van der Waals surface area contributed by atoms with Crippen molar-refractivity contribution in [1.82, 2.24) is 16.0 Å². The molecule has 164 valence electrons. The molecular weight excluding hydrogens is 499 g/mol. The minimum atomic E-state index is -0.136. The summed E-state index contributed by atoms with van der Waals surface area (Å²) < 4.78 is 15.6. The molecular formula is C21H29IN4O4. The highest BCUT2D eigenvalue weighted by atomic mass is 127. The van der Waals surface area contributed by atoms with E-state index >= 15 is 0 Å². The molecule has 0 fully saturated rings. The van der Waals surface area contributed by atoms with Crippen molar-refractivity contribution in [2.45, 2.75) is 6.54 Å². The third kappa shape index (κ3) is 7.62. The number of nitrogens with zero attached hydrogens (tertiary/aromatic N) is 1. The van der Waals surface area contributed by atoms with Gasteiger partial charge >= 0.3 is 0 Å². The van der Waals surface area contributed by atoms with Crippen LogP contribution in [0.25, 0.3) is 0 Å². The predicted molar refractivity (Wildman–Crippen MR) is 128 cm³/mol. The fourth-order valence-electron chi connectivity index (χ4n) is 2.60. The summed E-state index contributed by atoms with van der Waals surface area (Å²) in [6.45, 7) is 1.56. The van der Waals surface area contributed by atoms with Gasteiger partial charge in [-0.25, -0.2) is 0 Å². The molecule has 0 saturated heterocycles. The fourth-order valence-corrected chi connectivity index (χ4v) is 2.60. The number of guanidine groups is 1. The van der Waals surface area contributed by atoms with Crippen LogP contribution in [0.2, 0.25) is 0 Å². The van der Waals surface area contributed by atoms with Crippen molar-refractivity contribution >= 4 is 35.8 Å². The molecule has 1 amide bonds. The van der Waals surface area contributed by atoms with Crippen molar-refractivity contribution in [3.8, 4) is 17.2 Å². The van der Waals surface area contributed by atoms with Gasteiger partial charge in [0.2, 0.25) is 0 Å². The van der Waals surface area contributed by atoms with E-state index in [2.05, 4.69) is 20.9 Å². The highest BCUT2D eigenvalue weighted by Gasteiger charge is 2.07. The maximum absolute atomic E-state index is 12.1. The molecule has 0 atom stereocenters. The summed E-state index contributed by atoms with van der Waals surface area (Å²) in [6, 6.07) is 12.7. The highest BCUT2D eigenvalue weighted by Crippen LogP contribution is 2.27. The number of benzene rings is 2. The lowest BCUT2D eigenvalue weighted by Gasteiger charge is -2.14. The Hall–Kier alpha value is -2.69. The van der Waals surface area contributed by atoms with Crippen molar-refractivity contribution in [2.24, 2.45) is 4.99 Å². The van der Waals surface area contributed by atoms with E-state index in [9.17, 15) is 4.79 Å². The lowest BCUT2D eigenvalue weighted by atomic mass is 10.2. The van der Waals surface area contributed by atoms with Gasteiger partial charge in [-0.05, 0) is 42.0 Å². The summed E-state index contributed by atoms with van der Waals surface area (Å²) in [7, 11) is 6.50. The van der Waals surface area contributed by atoms with E-state index in [0.717, 1.165) is 5.56 Å². The van der Waals surface area contributed by atoms with Gasteiger partial charge in [0.15, 0.2) is 17.5 Å². The van der Waals surface area contributed by atoms with Crippen molar-refractivity contribution in [2.75, 3.05) is 41.5 Å². The SMILES string of the molecule is CN=C(NCCNC(=O)c1ccc(OC)cc1)NCc1ccc(OC)c(OC)c1.I. The molecule has 9 heteroatoms. The van der Waals surface area contributed by atoms with Crippen LogP contribution in [0.3, 0.4) is 0 Å². The van der Waals surface area contributed by atoms with Gasteiger partial charge < -0.3 is 30.2 Å². The summed E-state index contributed by atoms with van der Waals surface area (Å²) in [5.74, 6) is 2.58. The Kier molecular flexibility index (Phi) is 11.4. The zero-order valence-corrected chi connectivity index (χ0v) is 20.0. The number of hydrogen-bond acceptors (Lipinski definition) is 5. The van der Waals surface area contributed by atoms with E-state index in [1.165, 1.54) is 0 Å². The number of rotatable bonds is 9. The average molecular weight is 528 g/mol. The number of ether oxygens (including phenoxy) is 3. The second-order valence-corrected chi connectivity index (χ2v) is 6.03. The van der Waals surface area contributed by atoms with Gasteiger partial charge in [-0.3, -0.25) is 9.79 Å². The van der Waals surface area contributed by atoms with E-state index in [4.69, 9.17) is 14.2 Å². The van der Waals surface area contributed by atoms with Crippen LogP contribution in [0, 0.1) is 0 Å². The Morgan fingerprint density at radius 1 is 0.867 bits per heavy atom. The maximum atomic E-state index is 12.1. The second kappa shape index (κ2) is 13.5. The molecule has 2 aromatic rings. The molecule has 0 radical (unpaired) electrons. The van der Waals surface area contributed by atoms with Crippen LogP contribution in [0.5, 0.6) is 17.2 Å². The number of aliphatic imine (C=N–C) groups is 1. The molecule has 0 aliphatic rings. The largest absolute Gasteiger partial charge is 0.497 e. The molecule has 0 unspecified atom stereocenters. The Labute approximate surface area is 194 Å². The molecule has 0 spiro atoms. The number of carbonyl (C=O) groups is 1. The summed E-state index contributed by atoms with van der Waals surface area (Å²) in [6.07, 6.45) is 0. The quantitative estimate of drug-likeness (QED) is 0.201. The van der Waals surface area contributed by atoms with Crippen molar-refractivity contribution in [3.63, 3.8) is 0 Å². The average Bonchev–Trinajstić information content (AvgIpc) is 2.78.